The Morgan fingerprint density at radius 2 is 2.11 bits per heavy atom. The largest absolute Gasteiger partial charge is 0.497 e. The molecule has 1 aromatic rings. The summed E-state index contributed by atoms with van der Waals surface area (Å²) >= 11 is 0. The van der Waals surface area contributed by atoms with Gasteiger partial charge in [-0.2, -0.15) is 0 Å². The molecule has 0 bridgehead atoms. The Labute approximate surface area is 116 Å². The summed E-state index contributed by atoms with van der Waals surface area (Å²) in [5.74, 6) is 0.968. The molecule has 3 nitrogen and oxygen atoms in total. The molecular weight excluding hydrogens is 238 g/mol. The summed E-state index contributed by atoms with van der Waals surface area (Å²) in [7, 11) is 1.66. The second kappa shape index (κ2) is 8.57. The maximum absolute atomic E-state index is 11.8. The first-order valence-corrected chi connectivity index (χ1v) is 7.14. The molecule has 1 aromatic carbocycles. The van der Waals surface area contributed by atoms with E-state index in [2.05, 4.69) is 18.3 Å². The monoisotopic (exact) mass is 263 g/mol. The average molecular weight is 263 g/mol. The molecule has 19 heavy (non-hydrogen) atoms. The van der Waals surface area contributed by atoms with Crippen molar-refractivity contribution in [3.63, 3.8) is 0 Å². The highest BCUT2D eigenvalue weighted by Crippen LogP contribution is 2.23. The minimum atomic E-state index is 0.0918. The highest BCUT2D eigenvalue weighted by molar-refractivity contribution is 5.76. The fourth-order valence-electron chi connectivity index (χ4n) is 2.08. The Kier molecular flexibility index (Phi) is 7.01. The van der Waals surface area contributed by atoms with Crippen molar-refractivity contribution in [1.82, 2.24) is 5.32 Å². The Morgan fingerprint density at radius 1 is 1.32 bits per heavy atom. The summed E-state index contributed by atoms with van der Waals surface area (Å²) in [5.41, 5.74) is 1.12. The van der Waals surface area contributed by atoms with Gasteiger partial charge in [-0.15, -0.1) is 0 Å². The number of carbonyl (C=O) groups is 1. The van der Waals surface area contributed by atoms with Crippen LogP contribution in [-0.2, 0) is 4.79 Å². The van der Waals surface area contributed by atoms with Gasteiger partial charge in [0.25, 0.3) is 0 Å². The van der Waals surface area contributed by atoms with Crippen LogP contribution in [0.15, 0.2) is 24.3 Å². The number of ether oxygens (including phenoxy) is 1. The molecule has 0 spiro atoms. The second-order valence-corrected chi connectivity index (χ2v) is 4.79. The number of benzene rings is 1. The van der Waals surface area contributed by atoms with E-state index in [1.165, 1.54) is 0 Å². The van der Waals surface area contributed by atoms with Crippen molar-refractivity contribution in [3.05, 3.63) is 29.8 Å². The van der Waals surface area contributed by atoms with Crippen LogP contribution in [0.5, 0.6) is 5.75 Å². The van der Waals surface area contributed by atoms with E-state index in [1.54, 1.807) is 7.11 Å². The van der Waals surface area contributed by atoms with Gasteiger partial charge in [-0.05, 0) is 30.5 Å². The van der Waals surface area contributed by atoms with Gasteiger partial charge in [0.2, 0.25) is 5.91 Å². The molecule has 0 aliphatic rings. The van der Waals surface area contributed by atoms with Crippen LogP contribution in [0, 0.1) is 0 Å². The molecule has 0 aliphatic carbocycles. The first-order chi connectivity index (χ1) is 9.21. The number of unbranched alkanes of at least 4 members (excludes halogenated alkanes) is 1. The van der Waals surface area contributed by atoms with E-state index in [0.717, 1.165) is 37.0 Å². The lowest BCUT2D eigenvalue weighted by molar-refractivity contribution is -0.121. The van der Waals surface area contributed by atoms with Crippen LogP contribution >= 0.6 is 0 Å². The van der Waals surface area contributed by atoms with E-state index in [1.807, 2.05) is 25.1 Å². The van der Waals surface area contributed by atoms with E-state index in [9.17, 15) is 4.79 Å². The third-order valence-electron chi connectivity index (χ3n) is 3.15. The second-order valence-electron chi connectivity index (χ2n) is 4.79. The molecule has 0 aliphatic heterocycles. The molecule has 0 fully saturated rings. The molecule has 106 valence electrons. The molecule has 1 rings (SSSR count). The Morgan fingerprint density at radius 3 is 2.74 bits per heavy atom. The van der Waals surface area contributed by atoms with E-state index in [0.29, 0.717) is 6.42 Å². The van der Waals surface area contributed by atoms with Crippen LogP contribution in [0.4, 0.5) is 0 Å². The van der Waals surface area contributed by atoms with Crippen LogP contribution in [0.25, 0.3) is 0 Å². The zero-order valence-corrected chi connectivity index (χ0v) is 12.2. The van der Waals surface area contributed by atoms with Crippen LogP contribution in [0.2, 0.25) is 0 Å². The fraction of sp³-hybridized carbons (Fsp3) is 0.562. The van der Waals surface area contributed by atoms with E-state index in [-0.39, 0.29) is 11.9 Å². The lowest BCUT2D eigenvalue weighted by Crippen LogP contribution is -2.28. The molecule has 0 radical (unpaired) electrons. The van der Waals surface area contributed by atoms with Crippen LogP contribution < -0.4 is 10.1 Å². The van der Waals surface area contributed by atoms with E-state index >= 15 is 0 Å². The molecule has 1 amide bonds. The number of carbonyl (C=O) groups excluding carboxylic acids is 1. The molecule has 1 N–H and O–H groups in total. The van der Waals surface area contributed by atoms with Gasteiger partial charge in [0, 0.05) is 6.42 Å². The van der Waals surface area contributed by atoms with Crippen molar-refractivity contribution in [2.24, 2.45) is 0 Å². The number of amides is 1. The Balaban J connectivity index is 2.78. The van der Waals surface area contributed by atoms with Gasteiger partial charge in [0.1, 0.15) is 5.75 Å². The average Bonchev–Trinajstić information content (AvgIpc) is 2.43. The summed E-state index contributed by atoms with van der Waals surface area (Å²) in [6.45, 7) is 4.18. The van der Waals surface area contributed by atoms with Crippen LogP contribution in [0.1, 0.15) is 57.6 Å². The maximum Gasteiger partial charge on any atom is 0.220 e. The number of hydrogen-bond donors (Lipinski definition) is 1. The standard InChI is InChI=1S/C16H25NO2/c1-4-6-11-15(17-16(18)8-5-2)13-9-7-10-14(12-13)19-3/h7,9-10,12,15H,4-6,8,11H2,1-3H3,(H,17,18). The highest BCUT2D eigenvalue weighted by Gasteiger charge is 2.14. The topological polar surface area (TPSA) is 38.3 Å². The molecule has 0 heterocycles. The predicted molar refractivity (Wildman–Crippen MR) is 78.3 cm³/mol. The van der Waals surface area contributed by atoms with Crippen LogP contribution in [-0.4, -0.2) is 13.0 Å². The summed E-state index contributed by atoms with van der Waals surface area (Å²) in [6.07, 6.45) is 4.68. The number of nitrogens with one attached hydrogen (secondary N) is 1. The summed E-state index contributed by atoms with van der Waals surface area (Å²) < 4.78 is 5.25. The highest BCUT2D eigenvalue weighted by atomic mass is 16.5. The molecule has 1 unspecified atom stereocenters. The predicted octanol–water partition coefficient (Wildman–Crippen LogP) is 3.84. The minimum Gasteiger partial charge on any atom is -0.497 e. The summed E-state index contributed by atoms with van der Waals surface area (Å²) in [5, 5.41) is 3.13. The quantitative estimate of drug-likeness (QED) is 0.773. The third kappa shape index (κ3) is 5.33. The fourth-order valence-corrected chi connectivity index (χ4v) is 2.08. The maximum atomic E-state index is 11.8. The van der Waals surface area contributed by atoms with Crippen molar-refractivity contribution >= 4 is 5.91 Å². The van der Waals surface area contributed by atoms with Gasteiger partial charge in [-0.25, -0.2) is 0 Å². The first-order valence-electron chi connectivity index (χ1n) is 7.14. The summed E-state index contributed by atoms with van der Waals surface area (Å²) in [6, 6.07) is 8.05. The third-order valence-corrected chi connectivity index (χ3v) is 3.15. The van der Waals surface area contributed by atoms with Gasteiger partial charge in [-0.3, -0.25) is 4.79 Å². The molecule has 0 saturated carbocycles. The van der Waals surface area contributed by atoms with Crippen LogP contribution in [0.3, 0.4) is 0 Å². The van der Waals surface area contributed by atoms with Gasteiger partial charge >= 0.3 is 0 Å². The van der Waals surface area contributed by atoms with E-state index in [4.69, 9.17) is 4.74 Å². The molecule has 0 aromatic heterocycles. The van der Waals surface area contributed by atoms with Crippen molar-refractivity contribution in [2.75, 3.05) is 7.11 Å². The van der Waals surface area contributed by atoms with Crippen molar-refractivity contribution in [2.45, 2.75) is 52.0 Å². The summed E-state index contributed by atoms with van der Waals surface area (Å²) in [4.78, 5) is 11.8. The molecule has 0 saturated heterocycles. The van der Waals surface area contributed by atoms with Crippen molar-refractivity contribution in [3.8, 4) is 5.75 Å². The normalized spacial score (nSPS) is 11.9. The minimum absolute atomic E-state index is 0.0918. The lowest BCUT2D eigenvalue weighted by atomic mass is 10.0. The zero-order valence-electron chi connectivity index (χ0n) is 12.2. The van der Waals surface area contributed by atoms with Gasteiger partial charge in [0.15, 0.2) is 0 Å². The number of rotatable bonds is 8. The van der Waals surface area contributed by atoms with E-state index < -0.39 is 0 Å². The van der Waals surface area contributed by atoms with Crippen molar-refractivity contribution in [1.29, 1.82) is 0 Å². The molecule has 1 atom stereocenters. The van der Waals surface area contributed by atoms with Crippen molar-refractivity contribution < 1.29 is 9.53 Å². The Hall–Kier alpha value is -1.51. The number of methoxy groups -OCH3 is 1. The molecular formula is C16H25NO2. The number of hydrogen-bond acceptors (Lipinski definition) is 2. The van der Waals surface area contributed by atoms with Gasteiger partial charge < -0.3 is 10.1 Å². The van der Waals surface area contributed by atoms with Gasteiger partial charge in [0.05, 0.1) is 13.2 Å². The molecule has 3 heteroatoms. The first kappa shape index (κ1) is 15.5. The van der Waals surface area contributed by atoms with Gasteiger partial charge in [-0.1, -0.05) is 38.8 Å². The lowest BCUT2D eigenvalue weighted by Gasteiger charge is -2.19. The Bertz CT molecular complexity index is 390. The SMILES string of the molecule is CCCCC(NC(=O)CCC)c1cccc(OC)c1. The smallest absolute Gasteiger partial charge is 0.220 e. The zero-order chi connectivity index (χ0) is 14.1.